The Labute approximate surface area is 86.0 Å². The molecule has 0 aliphatic rings. The number of methoxy groups -OCH3 is 1. The average Bonchev–Trinajstić information content (AvgIpc) is 2.17. The van der Waals surface area contributed by atoms with Gasteiger partial charge in [-0.15, -0.1) is 0 Å². The van der Waals surface area contributed by atoms with Crippen molar-refractivity contribution < 1.29 is 14.3 Å². The number of hydrogen-bond acceptors (Lipinski definition) is 4. The molecule has 14 heavy (non-hydrogen) atoms. The van der Waals surface area contributed by atoms with E-state index < -0.39 is 0 Å². The Morgan fingerprint density at radius 3 is 2.50 bits per heavy atom. The summed E-state index contributed by atoms with van der Waals surface area (Å²) < 4.78 is 9.74. The van der Waals surface area contributed by atoms with Crippen molar-refractivity contribution >= 4 is 5.97 Å². The summed E-state index contributed by atoms with van der Waals surface area (Å²) in [5.41, 5.74) is 0. The van der Waals surface area contributed by atoms with Gasteiger partial charge in [-0.3, -0.25) is 4.79 Å². The van der Waals surface area contributed by atoms with E-state index in [4.69, 9.17) is 9.47 Å². The number of hydrogen-bond donors (Lipinski definition) is 1. The molecule has 0 aliphatic carbocycles. The molecule has 0 fully saturated rings. The largest absolute Gasteiger partial charge is 0.462 e. The van der Waals surface area contributed by atoms with Crippen LogP contribution < -0.4 is 5.32 Å². The third kappa shape index (κ3) is 5.94. The Balaban J connectivity index is 3.64. The van der Waals surface area contributed by atoms with Gasteiger partial charge in [0.1, 0.15) is 12.6 Å². The van der Waals surface area contributed by atoms with E-state index in [1.807, 2.05) is 6.92 Å². The zero-order chi connectivity index (χ0) is 11.0. The van der Waals surface area contributed by atoms with Gasteiger partial charge in [-0.05, 0) is 20.3 Å². The number of ether oxygens (including phenoxy) is 2. The van der Waals surface area contributed by atoms with Gasteiger partial charge in [0.25, 0.3) is 0 Å². The summed E-state index contributed by atoms with van der Waals surface area (Å²) in [6, 6.07) is 0.0850. The number of carbonyl (C=O) groups excluding carboxylic acids is 1. The van der Waals surface area contributed by atoms with Crippen LogP contribution in [0.2, 0.25) is 0 Å². The number of esters is 1. The molecule has 0 saturated heterocycles. The normalized spacial score (nSPS) is 14.9. The molecular weight excluding hydrogens is 182 g/mol. The van der Waals surface area contributed by atoms with Crippen LogP contribution in [0.4, 0.5) is 0 Å². The van der Waals surface area contributed by atoms with Crippen LogP contribution in [-0.4, -0.2) is 38.4 Å². The highest BCUT2D eigenvalue weighted by atomic mass is 16.6. The quantitative estimate of drug-likeness (QED) is 0.494. The first-order valence-corrected chi connectivity index (χ1v) is 5.03. The lowest BCUT2D eigenvalue weighted by molar-refractivity contribution is -0.147. The van der Waals surface area contributed by atoms with Crippen molar-refractivity contribution in [3.05, 3.63) is 0 Å². The van der Waals surface area contributed by atoms with Crippen molar-refractivity contribution in [2.24, 2.45) is 0 Å². The highest BCUT2D eigenvalue weighted by Crippen LogP contribution is 1.94. The van der Waals surface area contributed by atoms with Crippen LogP contribution >= 0.6 is 0 Å². The molecule has 0 heterocycles. The van der Waals surface area contributed by atoms with Gasteiger partial charge in [-0.1, -0.05) is 6.92 Å². The second kappa shape index (κ2) is 7.76. The third-order valence-corrected chi connectivity index (χ3v) is 2.03. The van der Waals surface area contributed by atoms with E-state index in [0.29, 0.717) is 19.3 Å². The first-order valence-electron chi connectivity index (χ1n) is 5.03. The van der Waals surface area contributed by atoms with Gasteiger partial charge >= 0.3 is 5.97 Å². The van der Waals surface area contributed by atoms with Gasteiger partial charge in [-0.25, -0.2) is 0 Å². The molecule has 0 aromatic heterocycles. The Morgan fingerprint density at radius 2 is 2.00 bits per heavy atom. The lowest BCUT2D eigenvalue weighted by atomic mass is 10.2. The second-order valence-electron chi connectivity index (χ2n) is 3.36. The molecule has 0 rings (SSSR count). The monoisotopic (exact) mass is 203 g/mol. The standard InChI is InChI=1S/C10H21NO3/c1-5-8(2)11-9(3)10(12)14-7-6-13-4/h8-9,11H,5-7H2,1-4H3/t8-,9?/m0/s1. The minimum atomic E-state index is -0.248. The SMILES string of the molecule is CC[C@H](C)NC(C)C(=O)OCCOC. The Bertz CT molecular complexity index is 161. The number of carbonyl (C=O) groups is 1. The first kappa shape index (κ1) is 13.4. The van der Waals surface area contributed by atoms with E-state index in [1.165, 1.54) is 0 Å². The molecule has 1 N–H and O–H groups in total. The predicted molar refractivity (Wildman–Crippen MR) is 55.2 cm³/mol. The molecule has 0 amide bonds. The third-order valence-electron chi connectivity index (χ3n) is 2.03. The topological polar surface area (TPSA) is 47.6 Å². The van der Waals surface area contributed by atoms with Gasteiger partial charge in [-0.2, -0.15) is 0 Å². The first-order chi connectivity index (χ1) is 6.61. The summed E-state index contributed by atoms with van der Waals surface area (Å²) in [5, 5.41) is 3.14. The van der Waals surface area contributed by atoms with Crippen molar-refractivity contribution in [3.63, 3.8) is 0 Å². The zero-order valence-corrected chi connectivity index (χ0v) is 9.50. The lowest BCUT2D eigenvalue weighted by Gasteiger charge is -2.17. The molecule has 0 aliphatic heterocycles. The highest BCUT2D eigenvalue weighted by molar-refractivity contribution is 5.75. The van der Waals surface area contributed by atoms with Crippen molar-refractivity contribution in [1.29, 1.82) is 0 Å². The van der Waals surface area contributed by atoms with Crippen LogP contribution in [0.3, 0.4) is 0 Å². The van der Waals surface area contributed by atoms with Crippen LogP contribution in [0.1, 0.15) is 27.2 Å². The molecule has 84 valence electrons. The van der Waals surface area contributed by atoms with Crippen molar-refractivity contribution in [2.75, 3.05) is 20.3 Å². The maximum Gasteiger partial charge on any atom is 0.322 e. The molecule has 0 spiro atoms. The number of nitrogens with one attached hydrogen (secondary N) is 1. The molecule has 0 aromatic rings. The minimum Gasteiger partial charge on any atom is -0.462 e. The van der Waals surface area contributed by atoms with Crippen molar-refractivity contribution in [1.82, 2.24) is 5.32 Å². The summed E-state index contributed by atoms with van der Waals surface area (Å²) in [6.45, 7) is 6.69. The summed E-state index contributed by atoms with van der Waals surface area (Å²) in [5.74, 6) is -0.220. The lowest BCUT2D eigenvalue weighted by Crippen LogP contribution is -2.40. The average molecular weight is 203 g/mol. The van der Waals surface area contributed by atoms with Crippen molar-refractivity contribution in [3.8, 4) is 0 Å². The maximum absolute atomic E-state index is 11.3. The summed E-state index contributed by atoms with van der Waals surface area (Å²) in [6.07, 6.45) is 0.996. The van der Waals surface area contributed by atoms with Gasteiger partial charge < -0.3 is 14.8 Å². The molecule has 0 saturated carbocycles. The maximum atomic E-state index is 11.3. The highest BCUT2D eigenvalue weighted by Gasteiger charge is 2.15. The Kier molecular flexibility index (Phi) is 7.42. The minimum absolute atomic E-state index is 0.220. The van der Waals surface area contributed by atoms with Crippen LogP contribution in [-0.2, 0) is 14.3 Å². The molecule has 0 radical (unpaired) electrons. The van der Waals surface area contributed by atoms with Crippen LogP contribution in [0.15, 0.2) is 0 Å². The Morgan fingerprint density at radius 1 is 1.36 bits per heavy atom. The zero-order valence-electron chi connectivity index (χ0n) is 9.50. The van der Waals surface area contributed by atoms with E-state index >= 15 is 0 Å². The molecule has 2 atom stereocenters. The molecule has 0 bridgehead atoms. The van der Waals surface area contributed by atoms with Gasteiger partial charge in [0.15, 0.2) is 0 Å². The predicted octanol–water partition coefficient (Wildman–Crippen LogP) is 0.953. The van der Waals surface area contributed by atoms with Crippen molar-refractivity contribution in [2.45, 2.75) is 39.3 Å². The van der Waals surface area contributed by atoms with E-state index in [2.05, 4.69) is 12.2 Å². The van der Waals surface area contributed by atoms with Gasteiger partial charge in [0, 0.05) is 13.2 Å². The van der Waals surface area contributed by atoms with Gasteiger partial charge in [0.05, 0.1) is 6.61 Å². The van der Waals surface area contributed by atoms with Crippen LogP contribution in [0, 0.1) is 0 Å². The molecule has 1 unspecified atom stereocenters. The summed E-state index contributed by atoms with van der Waals surface area (Å²) >= 11 is 0. The van der Waals surface area contributed by atoms with Gasteiger partial charge in [0.2, 0.25) is 0 Å². The van der Waals surface area contributed by atoms with Crippen LogP contribution in [0.25, 0.3) is 0 Å². The fraction of sp³-hybridized carbons (Fsp3) is 0.900. The van der Waals surface area contributed by atoms with E-state index in [0.717, 1.165) is 6.42 Å². The van der Waals surface area contributed by atoms with E-state index in [-0.39, 0.29) is 12.0 Å². The fourth-order valence-corrected chi connectivity index (χ4v) is 0.963. The summed E-state index contributed by atoms with van der Waals surface area (Å²) in [7, 11) is 1.58. The molecule has 4 heteroatoms. The summed E-state index contributed by atoms with van der Waals surface area (Å²) in [4.78, 5) is 11.3. The molecular formula is C10H21NO3. The smallest absolute Gasteiger partial charge is 0.322 e. The second-order valence-corrected chi connectivity index (χ2v) is 3.36. The molecule has 4 nitrogen and oxygen atoms in total. The fourth-order valence-electron chi connectivity index (χ4n) is 0.963. The van der Waals surface area contributed by atoms with Crippen LogP contribution in [0.5, 0.6) is 0 Å². The molecule has 0 aromatic carbocycles. The number of rotatable bonds is 7. The van der Waals surface area contributed by atoms with E-state index in [1.54, 1.807) is 14.0 Å². The Hall–Kier alpha value is -0.610. The van der Waals surface area contributed by atoms with E-state index in [9.17, 15) is 4.79 Å².